The number of rotatable bonds is 7. The molecule has 1 saturated heterocycles. The number of thioether (sulfide) groups is 1. The molecule has 14 heteroatoms. The van der Waals surface area contributed by atoms with Crippen LogP contribution >= 0.6 is 11.8 Å². The Bertz CT molecular complexity index is 1250. The van der Waals surface area contributed by atoms with Gasteiger partial charge in [-0.1, -0.05) is 11.8 Å². The SMILES string of the molecule is Cc1cc(C)n(-c2nnc(SCC(=O)Nc3ccc(S(=O)(=O)N4CCOCC4)cc3)n2N)n1. The van der Waals surface area contributed by atoms with E-state index in [1.807, 2.05) is 19.9 Å². The monoisotopic (exact) mass is 492 g/mol. The third kappa shape index (κ3) is 5.03. The number of aromatic nitrogens is 5. The Morgan fingerprint density at radius 1 is 1.18 bits per heavy atom. The summed E-state index contributed by atoms with van der Waals surface area (Å²) in [5.41, 5.74) is 2.17. The van der Waals surface area contributed by atoms with Crippen molar-refractivity contribution in [2.24, 2.45) is 0 Å². The van der Waals surface area contributed by atoms with E-state index in [2.05, 4.69) is 20.6 Å². The highest BCUT2D eigenvalue weighted by molar-refractivity contribution is 7.99. The average Bonchev–Trinajstić information content (AvgIpc) is 3.33. The minimum Gasteiger partial charge on any atom is -0.379 e. The van der Waals surface area contributed by atoms with Crippen LogP contribution in [-0.2, 0) is 19.6 Å². The molecular weight excluding hydrogens is 468 g/mol. The molecule has 3 aromatic rings. The standard InChI is InChI=1S/C19H24N8O4S2/c1-13-11-14(2)27(24-13)18-22-23-19(26(18)20)32-12-17(28)21-15-3-5-16(6-4-15)33(29,30)25-7-9-31-10-8-25/h3-6,11H,7-10,12,20H2,1-2H3,(H,21,28). The number of amides is 1. The molecule has 0 spiro atoms. The van der Waals surface area contributed by atoms with Crippen LogP contribution in [0.5, 0.6) is 0 Å². The second-order valence-electron chi connectivity index (χ2n) is 7.37. The van der Waals surface area contributed by atoms with Crippen LogP contribution < -0.4 is 11.2 Å². The maximum absolute atomic E-state index is 12.7. The fraction of sp³-hybridized carbons (Fsp3) is 0.368. The Labute approximate surface area is 195 Å². The Hall–Kier alpha value is -2.94. The fourth-order valence-electron chi connectivity index (χ4n) is 3.32. The van der Waals surface area contributed by atoms with Crippen molar-refractivity contribution < 1.29 is 17.9 Å². The number of aryl methyl sites for hydroxylation is 2. The summed E-state index contributed by atoms with van der Waals surface area (Å²) < 4.78 is 34.8. The van der Waals surface area contributed by atoms with Gasteiger partial charge < -0.3 is 15.9 Å². The van der Waals surface area contributed by atoms with Gasteiger partial charge in [0.15, 0.2) is 0 Å². The van der Waals surface area contributed by atoms with Crippen molar-refractivity contribution in [3.8, 4) is 5.95 Å². The van der Waals surface area contributed by atoms with Gasteiger partial charge in [-0.2, -0.15) is 9.40 Å². The molecule has 0 aliphatic carbocycles. The first-order chi connectivity index (χ1) is 15.8. The molecule has 176 valence electrons. The van der Waals surface area contributed by atoms with Crippen molar-refractivity contribution in [1.82, 2.24) is 29.0 Å². The Morgan fingerprint density at radius 3 is 2.52 bits per heavy atom. The van der Waals surface area contributed by atoms with Gasteiger partial charge in [0.1, 0.15) is 0 Å². The van der Waals surface area contributed by atoms with Crippen molar-refractivity contribution in [2.75, 3.05) is 43.2 Å². The van der Waals surface area contributed by atoms with Crippen LogP contribution in [0.1, 0.15) is 11.4 Å². The Morgan fingerprint density at radius 2 is 1.88 bits per heavy atom. The smallest absolute Gasteiger partial charge is 0.271 e. The number of nitrogens with one attached hydrogen (secondary N) is 1. The number of nitrogen functional groups attached to an aromatic ring is 1. The van der Waals surface area contributed by atoms with E-state index in [1.165, 1.54) is 21.1 Å². The number of morpholine rings is 1. The van der Waals surface area contributed by atoms with Gasteiger partial charge in [0, 0.05) is 24.5 Å². The molecule has 3 heterocycles. The summed E-state index contributed by atoms with van der Waals surface area (Å²) in [6, 6.07) is 7.96. The molecule has 0 saturated carbocycles. The van der Waals surface area contributed by atoms with Gasteiger partial charge in [0.25, 0.3) is 5.95 Å². The molecule has 1 aromatic carbocycles. The molecule has 0 radical (unpaired) electrons. The number of sulfonamides is 1. The van der Waals surface area contributed by atoms with Gasteiger partial charge in [0.05, 0.1) is 29.6 Å². The number of carbonyl (C=O) groups is 1. The molecule has 0 bridgehead atoms. The molecule has 1 aliphatic heterocycles. The van der Waals surface area contributed by atoms with E-state index in [1.54, 1.807) is 16.8 Å². The van der Waals surface area contributed by atoms with Gasteiger partial charge in [-0.15, -0.1) is 10.2 Å². The molecule has 1 fully saturated rings. The van der Waals surface area contributed by atoms with Gasteiger partial charge in [0.2, 0.25) is 21.1 Å². The van der Waals surface area contributed by atoms with Gasteiger partial charge in [-0.3, -0.25) is 4.79 Å². The van der Waals surface area contributed by atoms with Crippen LogP contribution in [0.2, 0.25) is 0 Å². The van der Waals surface area contributed by atoms with E-state index in [0.29, 0.717) is 43.1 Å². The number of benzene rings is 1. The lowest BCUT2D eigenvalue weighted by molar-refractivity contribution is -0.113. The number of ether oxygens (including phenoxy) is 1. The van der Waals surface area contributed by atoms with E-state index in [0.717, 1.165) is 23.1 Å². The zero-order valence-electron chi connectivity index (χ0n) is 18.1. The van der Waals surface area contributed by atoms with Crippen LogP contribution in [0.25, 0.3) is 5.95 Å². The third-order valence-corrected chi connectivity index (χ3v) is 7.78. The normalized spacial score (nSPS) is 15.0. The summed E-state index contributed by atoms with van der Waals surface area (Å²) in [7, 11) is -3.58. The highest BCUT2D eigenvalue weighted by atomic mass is 32.2. The maximum atomic E-state index is 12.7. The number of nitrogens with two attached hydrogens (primary N) is 1. The zero-order chi connectivity index (χ0) is 23.6. The second kappa shape index (κ2) is 9.51. The first-order valence-corrected chi connectivity index (χ1v) is 12.5. The predicted octanol–water partition coefficient (Wildman–Crippen LogP) is 0.546. The van der Waals surface area contributed by atoms with E-state index >= 15 is 0 Å². The summed E-state index contributed by atoms with van der Waals surface area (Å²) in [6.07, 6.45) is 0. The Kier molecular flexibility index (Phi) is 6.69. The van der Waals surface area contributed by atoms with E-state index in [4.69, 9.17) is 10.6 Å². The van der Waals surface area contributed by atoms with Crippen molar-refractivity contribution in [3.05, 3.63) is 41.7 Å². The lowest BCUT2D eigenvalue weighted by Gasteiger charge is -2.26. The highest BCUT2D eigenvalue weighted by Crippen LogP contribution is 2.21. The van der Waals surface area contributed by atoms with Crippen molar-refractivity contribution in [1.29, 1.82) is 0 Å². The van der Waals surface area contributed by atoms with E-state index in [-0.39, 0.29) is 16.6 Å². The van der Waals surface area contributed by atoms with Crippen molar-refractivity contribution in [3.63, 3.8) is 0 Å². The van der Waals surface area contributed by atoms with Crippen LogP contribution in [0.15, 0.2) is 40.4 Å². The highest BCUT2D eigenvalue weighted by Gasteiger charge is 2.26. The molecule has 3 N–H and O–H groups in total. The molecule has 4 rings (SSSR count). The minimum atomic E-state index is -3.58. The number of nitrogens with zero attached hydrogens (tertiary/aromatic N) is 6. The van der Waals surface area contributed by atoms with Gasteiger partial charge >= 0.3 is 0 Å². The zero-order valence-corrected chi connectivity index (χ0v) is 19.8. The van der Waals surface area contributed by atoms with Crippen molar-refractivity contribution in [2.45, 2.75) is 23.9 Å². The van der Waals surface area contributed by atoms with Crippen LogP contribution in [-0.4, -0.2) is 75.3 Å². The second-order valence-corrected chi connectivity index (χ2v) is 10.2. The van der Waals surface area contributed by atoms with Gasteiger partial charge in [-0.25, -0.2) is 17.8 Å². The summed E-state index contributed by atoms with van der Waals surface area (Å²) in [5, 5.41) is 15.5. The topological polar surface area (TPSA) is 150 Å². The first-order valence-electron chi connectivity index (χ1n) is 10.1. The number of carbonyl (C=O) groups excluding carboxylic acids is 1. The first kappa shape index (κ1) is 23.2. The molecule has 0 unspecified atom stereocenters. The number of anilines is 1. The summed E-state index contributed by atoms with van der Waals surface area (Å²) in [4.78, 5) is 12.5. The van der Waals surface area contributed by atoms with Crippen LogP contribution in [0.4, 0.5) is 5.69 Å². The molecule has 1 amide bonds. The molecule has 33 heavy (non-hydrogen) atoms. The van der Waals surface area contributed by atoms with Crippen molar-refractivity contribution >= 4 is 33.4 Å². The van der Waals surface area contributed by atoms with E-state index in [9.17, 15) is 13.2 Å². The van der Waals surface area contributed by atoms with Gasteiger partial charge in [-0.05, 0) is 44.2 Å². The Balaban J connectivity index is 1.35. The lowest BCUT2D eigenvalue weighted by atomic mass is 10.3. The number of hydrogen-bond donors (Lipinski definition) is 2. The number of hydrogen-bond acceptors (Lipinski definition) is 9. The largest absolute Gasteiger partial charge is 0.379 e. The summed E-state index contributed by atoms with van der Waals surface area (Å²) in [5.74, 6) is 6.18. The third-order valence-electron chi connectivity index (χ3n) is 4.92. The molecule has 2 aromatic heterocycles. The lowest BCUT2D eigenvalue weighted by Crippen LogP contribution is -2.40. The van der Waals surface area contributed by atoms with Crippen LogP contribution in [0, 0.1) is 13.8 Å². The average molecular weight is 493 g/mol. The molecule has 12 nitrogen and oxygen atoms in total. The quantitative estimate of drug-likeness (QED) is 0.356. The fourth-order valence-corrected chi connectivity index (χ4v) is 5.38. The van der Waals surface area contributed by atoms with Crippen LogP contribution in [0.3, 0.4) is 0 Å². The van der Waals surface area contributed by atoms with E-state index < -0.39 is 10.0 Å². The minimum absolute atomic E-state index is 0.0419. The summed E-state index contributed by atoms with van der Waals surface area (Å²) in [6.45, 7) is 5.16. The summed E-state index contributed by atoms with van der Waals surface area (Å²) >= 11 is 1.13. The molecule has 0 atom stereocenters. The predicted molar refractivity (Wildman–Crippen MR) is 122 cm³/mol. The maximum Gasteiger partial charge on any atom is 0.271 e. The molecule has 1 aliphatic rings. The molecular formula is C19H24N8O4S2.